The molecule has 7 nitrogen and oxygen atoms in total. The molecular formula is C26H33BrN2O5S. The molecule has 35 heavy (non-hydrogen) atoms. The number of esters is 1. The topological polar surface area (TPSA) is 95.9 Å². The van der Waals surface area contributed by atoms with E-state index in [1.165, 1.54) is 6.42 Å². The quantitative estimate of drug-likeness (QED) is 0.390. The number of rotatable bonds is 7. The van der Waals surface area contributed by atoms with Crippen molar-refractivity contribution >= 4 is 45.5 Å². The summed E-state index contributed by atoms with van der Waals surface area (Å²) in [7, 11) is 0. The summed E-state index contributed by atoms with van der Waals surface area (Å²) in [6.07, 6.45) is 5.83. The minimum atomic E-state index is -0.770. The molecule has 2 N–H and O–H groups in total. The van der Waals surface area contributed by atoms with Crippen molar-refractivity contribution in [1.29, 1.82) is 0 Å². The highest BCUT2D eigenvalue weighted by Gasteiger charge is 2.76. The average Bonchev–Trinajstić information content (AvgIpc) is 3.45. The van der Waals surface area contributed by atoms with Gasteiger partial charge in [-0.25, -0.2) is 0 Å². The van der Waals surface area contributed by atoms with Crippen LogP contribution in [0.25, 0.3) is 0 Å². The molecule has 4 fully saturated rings. The number of amides is 2. The number of carbonyl (C=O) groups excluding carboxylic acids is 3. The SMILES string of the molecule is CCOC(=O)[C@H]1[C@H]2C(=O)N([C@H](CO)c3ccccc3)C(C(=O)NC3CCCCC3)C23CC(Br)[C@@H]1S3. The maximum atomic E-state index is 14.2. The predicted molar refractivity (Wildman–Crippen MR) is 137 cm³/mol. The van der Waals surface area contributed by atoms with Crippen LogP contribution in [0.5, 0.6) is 0 Å². The number of ether oxygens (including phenoxy) is 1. The first-order valence-electron chi connectivity index (χ1n) is 12.7. The van der Waals surface area contributed by atoms with Gasteiger partial charge in [-0.3, -0.25) is 14.4 Å². The largest absolute Gasteiger partial charge is 0.466 e. The molecule has 9 heteroatoms. The molecule has 1 aromatic carbocycles. The van der Waals surface area contributed by atoms with Crippen molar-refractivity contribution in [3.63, 3.8) is 0 Å². The highest BCUT2D eigenvalue weighted by Crippen LogP contribution is 2.68. The second-order valence-corrected chi connectivity index (χ2v) is 12.8. The minimum Gasteiger partial charge on any atom is -0.466 e. The van der Waals surface area contributed by atoms with E-state index in [1.54, 1.807) is 23.6 Å². The molecular weight excluding hydrogens is 532 g/mol. The van der Waals surface area contributed by atoms with Gasteiger partial charge in [0.1, 0.15) is 6.04 Å². The van der Waals surface area contributed by atoms with E-state index >= 15 is 0 Å². The second-order valence-electron chi connectivity index (χ2n) is 10.1. The number of nitrogens with zero attached hydrogens (tertiary/aromatic N) is 1. The summed E-state index contributed by atoms with van der Waals surface area (Å²) in [5.74, 6) is -2.03. The summed E-state index contributed by atoms with van der Waals surface area (Å²) in [5.41, 5.74) is 0.776. The molecule has 2 amide bonds. The molecule has 1 aliphatic carbocycles. The molecule has 1 aromatic rings. The highest BCUT2D eigenvalue weighted by atomic mass is 79.9. The normalized spacial score (nSPS) is 35.1. The van der Waals surface area contributed by atoms with Crippen LogP contribution in [-0.2, 0) is 19.1 Å². The number of fused-ring (bicyclic) bond motifs is 1. The van der Waals surface area contributed by atoms with Crippen LogP contribution in [0.3, 0.4) is 0 Å². The van der Waals surface area contributed by atoms with Crippen molar-refractivity contribution in [3.05, 3.63) is 35.9 Å². The van der Waals surface area contributed by atoms with E-state index in [-0.39, 0.29) is 47.1 Å². The van der Waals surface area contributed by atoms with Gasteiger partial charge in [-0.15, -0.1) is 11.8 Å². The molecule has 1 saturated carbocycles. The molecule has 7 atom stereocenters. The van der Waals surface area contributed by atoms with Crippen LogP contribution in [0.15, 0.2) is 30.3 Å². The number of aliphatic hydroxyl groups excluding tert-OH is 1. The number of alkyl halides is 1. The van der Waals surface area contributed by atoms with Crippen molar-refractivity contribution in [1.82, 2.24) is 10.2 Å². The first-order chi connectivity index (χ1) is 16.9. The third-order valence-corrected chi connectivity index (χ3v) is 11.4. The number of hydrogen-bond donors (Lipinski definition) is 2. The lowest BCUT2D eigenvalue weighted by atomic mass is 9.71. The Balaban J connectivity index is 1.56. The third-order valence-electron chi connectivity index (χ3n) is 8.18. The number of aliphatic hydroxyl groups is 1. The Morgan fingerprint density at radius 2 is 1.97 bits per heavy atom. The summed E-state index contributed by atoms with van der Waals surface area (Å²) in [6, 6.07) is 8.02. The molecule has 0 radical (unpaired) electrons. The molecule has 4 aliphatic rings. The Morgan fingerprint density at radius 1 is 1.26 bits per heavy atom. The Kier molecular flexibility index (Phi) is 7.21. The number of nitrogens with one attached hydrogen (secondary N) is 1. The number of carbonyl (C=O) groups is 3. The van der Waals surface area contributed by atoms with Gasteiger partial charge < -0.3 is 20.1 Å². The van der Waals surface area contributed by atoms with E-state index in [0.29, 0.717) is 6.42 Å². The summed E-state index contributed by atoms with van der Waals surface area (Å²) >= 11 is 5.36. The Labute approximate surface area is 218 Å². The van der Waals surface area contributed by atoms with Crippen molar-refractivity contribution < 1.29 is 24.2 Å². The van der Waals surface area contributed by atoms with Gasteiger partial charge in [0.15, 0.2) is 0 Å². The van der Waals surface area contributed by atoms with E-state index < -0.39 is 28.7 Å². The summed E-state index contributed by atoms with van der Waals surface area (Å²) < 4.78 is 4.67. The van der Waals surface area contributed by atoms with Gasteiger partial charge in [-0.1, -0.05) is 65.5 Å². The van der Waals surface area contributed by atoms with Gasteiger partial charge in [0.05, 0.1) is 35.8 Å². The smallest absolute Gasteiger partial charge is 0.310 e. The third kappa shape index (κ3) is 4.11. The van der Waals surface area contributed by atoms with Crippen molar-refractivity contribution in [3.8, 4) is 0 Å². The van der Waals surface area contributed by atoms with E-state index in [0.717, 1.165) is 31.2 Å². The van der Waals surface area contributed by atoms with Crippen LogP contribution in [0, 0.1) is 11.8 Å². The predicted octanol–water partition coefficient (Wildman–Crippen LogP) is 3.20. The summed E-state index contributed by atoms with van der Waals surface area (Å²) in [6.45, 7) is 1.70. The lowest BCUT2D eigenvalue weighted by Crippen LogP contribution is -2.56. The number of hydrogen-bond acceptors (Lipinski definition) is 6. The van der Waals surface area contributed by atoms with Gasteiger partial charge in [-0.05, 0) is 31.7 Å². The Bertz CT molecular complexity index is 974. The standard InChI is InChI=1S/C26H33BrN2O5S/c1-2-34-25(33)19-20-24(32)29(18(14-30)15-9-5-3-6-10-15)22(26(20)13-17(27)21(19)35-26)23(31)28-16-11-7-4-8-12-16/h3,5-6,9-10,16-22,30H,2,4,7-8,11-14H2,1H3,(H,28,31)/t17?,18-,19+,20+,21+,22?,26?/m1/s1. The maximum Gasteiger partial charge on any atom is 0.310 e. The van der Waals surface area contributed by atoms with E-state index in [2.05, 4.69) is 21.2 Å². The molecule has 5 rings (SSSR count). The first-order valence-corrected chi connectivity index (χ1v) is 14.5. The van der Waals surface area contributed by atoms with Gasteiger partial charge in [0.25, 0.3) is 0 Å². The molecule has 3 aliphatic heterocycles. The van der Waals surface area contributed by atoms with Crippen LogP contribution in [-0.4, -0.2) is 67.9 Å². The summed E-state index contributed by atoms with van der Waals surface area (Å²) in [5, 5.41) is 13.6. The Morgan fingerprint density at radius 3 is 2.63 bits per heavy atom. The van der Waals surface area contributed by atoms with E-state index in [4.69, 9.17) is 4.74 Å². The number of halogens is 1. The van der Waals surface area contributed by atoms with E-state index in [1.807, 2.05) is 30.3 Å². The monoisotopic (exact) mass is 564 g/mol. The van der Waals surface area contributed by atoms with Crippen molar-refractivity contribution in [2.75, 3.05) is 13.2 Å². The van der Waals surface area contributed by atoms with Gasteiger partial charge >= 0.3 is 5.97 Å². The molecule has 3 saturated heterocycles. The summed E-state index contributed by atoms with van der Waals surface area (Å²) in [4.78, 5) is 42.9. The van der Waals surface area contributed by atoms with Crippen LogP contribution in [0.2, 0.25) is 0 Å². The number of benzene rings is 1. The molecule has 3 heterocycles. The molecule has 1 spiro atoms. The van der Waals surface area contributed by atoms with Crippen LogP contribution >= 0.6 is 27.7 Å². The van der Waals surface area contributed by atoms with Crippen molar-refractivity contribution in [2.24, 2.45) is 11.8 Å². The average molecular weight is 566 g/mol. The zero-order valence-corrected chi connectivity index (χ0v) is 22.3. The number of thioether (sulfide) groups is 1. The highest BCUT2D eigenvalue weighted by molar-refractivity contribution is 9.09. The first kappa shape index (κ1) is 25.1. The zero-order valence-electron chi connectivity index (χ0n) is 19.9. The van der Waals surface area contributed by atoms with Gasteiger partial charge in [-0.2, -0.15) is 0 Å². The fourth-order valence-electron chi connectivity index (χ4n) is 6.77. The fourth-order valence-corrected chi connectivity index (χ4v) is 10.4. The lowest BCUT2D eigenvalue weighted by Gasteiger charge is -2.38. The lowest BCUT2D eigenvalue weighted by molar-refractivity contribution is -0.154. The van der Waals surface area contributed by atoms with Crippen LogP contribution < -0.4 is 5.32 Å². The van der Waals surface area contributed by atoms with Crippen LogP contribution in [0.1, 0.15) is 57.1 Å². The van der Waals surface area contributed by atoms with E-state index in [9.17, 15) is 19.5 Å². The molecule has 2 bridgehead atoms. The van der Waals surface area contributed by atoms with Crippen molar-refractivity contribution in [2.45, 2.75) is 78.4 Å². The van der Waals surface area contributed by atoms with Gasteiger partial charge in [0, 0.05) is 16.1 Å². The maximum absolute atomic E-state index is 14.2. The Hall–Kier alpha value is -1.58. The number of likely N-dealkylation sites (tertiary alicyclic amines) is 1. The van der Waals surface area contributed by atoms with Gasteiger partial charge in [0.2, 0.25) is 11.8 Å². The molecule has 3 unspecified atom stereocenters. The van der Waals surface area contributed by atoms with Crippen LogP contribution in [0.4, 0.5) is 0 Å². The zero-order chi connectivity index (χ0) is 24.7. The fraction of sp³-hybridized carbons (Fsp3) is 0.654. The second kappa shape index (κ2) is 10.1. The molecule has 190 valence electrons. The molecule has 0 aromatic heterocycles. The minimum absolute atomic E-state index is 0.000175.